The van der Waals surface area contributed by atoms with Crippen molar-refractivity contribution >= 4 is 11.8 Å². The summed E-state index contributed by atoms with van der Waals surface area (Å²) in [6, 6.07) is 12.5. The van der Waals surface area contributed by atoms with Gasteiger partial charge >= 0.3 is 6.03 Å². The van der Waals surface area contributed by atoms with Crippen LogP contribution in [0.2, 0.25) is 0 Å². The molecule has 0 spiro atoms. The van der Waals surface area contributed by atoms with E-state index in [0.717, 1.165) is 5.56 Å². The summed E-state index contributed by atoms with van der Waals surface area (Å²) in [5.41, 5.74) is 1.00. The van der Waals surface area contributed by atoms with E-state index < -0.39 is 0 Å². The third-order valence-electron chi connectivity index (χ3n) is 2.97. The van der Waals surface area contributed by atoms with Crippen LogP contribution in [0.4, 0.5) is 10.6 Å². The highest BCUT2D eigenvalue weighted by Crippen LogP contribution is 2.18. The number of aliphatic hydroxyl groups is 1. The molecule has 0 saturated heterocycles. The topological polar surface area (TPSA) is 87.1 Å². The van der Waals surface area contributed by atoms with Crippen LogP contribution in [-0.4, -0.2) is 27.9 Å². The Morgan fingerprint density at radius 3 is 2.67 bits per heavy atom. The van der Waals surface area contributed by atoms with E-state index >= 15 is 0 Å². The lowest BCUT2D eigenvalue weighted by atomic mass is 10.0. The number of hydrogen-bond acceptors (Lipinski definition) is 4. The van der Waals surface area contributed by atoms with Gasteiger partial charge in [0.2, 0.25) is 0 Å². The van der Waals surface area contributed by atoms with Crippen LogP contribution in [0.15, 0.2) is 48.7 Å². The number of hydrogen-bond donors (Lipinski definition) is 3. The molecule has 2 rings (SSSR count). The SMILES string of the molecule is O=C(Nc1cccnn1)N[C@H](CCCO)c1ccccc1. The third kappa shape index (κ3) is 4.85. The van der Waals surface area contributed by atoms with E-state index in [0.29, 0.717) is 18.7 Å². The Labute approximate surface area is 123 Å². The first-order chi connectivity index (χ1) is 10.3. The zero-order valence-corrected chi connectivity index (χ0v) is 11.6. The fraction of sp³-hybridized carbons (Fsp3) is 0.267. The highest BCUT2D eigenvalue weighted by Gasteiger charge is 2.14. The number of carbonyl (C=O) groups excluding carboxylic acids is 1. The predicted octanol–water partition coefficient (Wildman–Crippen LogP) is 2.11. The summed E-state index contributed by atoms with van der Waals surface area (Å²) in [5, 5.41) is 22.0. The molecule has 6 heteroatoms. The molecule has 0 aliphatic heterocycles. The normalized spacial score (nSPS) is 11.7. The number of rotatable bonds is 6. The first-order valence-electron chi connectivity index (χ1n) is 6.80. The van der Waals surface area contributed by atoms with Crippen LogP contribution in [-0.2, 0) is 0 Å². The first kappa shape index (κ1) is 14.9. The van der Waals surface area contributed by atoms with E-state index in [2.05, 4.69) is 20.8 Å². The minimum Gasteiger partial charge on any atom is -0.396 e. The molecule has 0 fully saturated rings. The lowest BCUT2D eigenvalue weighted by Gasteiger charge is -2.19. The predicted molar refractivity (Wildman–Crippen MR) is 79.7 cm³/mol. The number of carbonyl (C=O) groups is 1. The van der Waals surface area contributed by atoms with Crippen LogP contribution >= 0.6 is 0 Å². The minimum atomic E-state index is -0.345. The molecule has 6 nitrogen and oxygen atoms in total. The Hall–Kier alpha value is -2.47. The van der Waals surface area contributed by atoms with E-state index in [9.17, 15) is 4.79 Å². The second-order valence-corrected chi connectivity index (χ2v) is 4.54. The zero-order valence-electron chi connectivity index (χ0n) is 11.6. The summed E-state index contributed by atoms with van der Waals surface area (Å²) in [4.78, 5) is 12.0. The molecule has 0 aliphatic rings. The highest BCUT2D eigenvalue weighted by molar-refractivity contribution is 5.88. The standard InChI is InChI=1S/C15H18N4O2/c20-11-5-8-13(12-6-2-1-3-7-12)17-15(21)18-14-9-4-10-16-19-14/h1-4,6-7,9-10,13,20H,5,8,11H2,(H2,17,18,19,21)/t13-/m1/s1. The van der Waals surface area contributed by atoms with Gasteiger partial charge < -0.3 is 10.4 Å². The molecule has 0 bridgehead atoms. The molecule has 110 valence electrons. The summed E-state index contributed by atoms with van der Waals surface area (Å²) in [6.07, 6.45) is 2.82. The van der Waals surface area contributed by atoms with Crippen molar-refractivity contribution < 1.29 is 9.90 Å². The lowest BCUT2D eigenvalue weighted by Crippen LogP contribution is -2.33. The Bertz CT molecular complexity index is 548. The van der Waals surface area contributed by atoms with Gasteiger partial charge in [0.05, 0.1) is 6.04 Å². The second-order valence-electron chi connectivity index (χ2n) is 4.54. The molecule has 1 aromatic carbocycles. The molecule has 2 amide bonds. The fourth-order valence-corrected chi connectivity index (χ4v) is 1.98. The lowest BCUT2D eigenvalue weighted by molar-refractivity contribution is 0.243. The number of benzene rings is 1. The Balaban J connectivity index is 1.99. The maximum absolute atomic E-state index is 12.0. The van der Waals surface area contributed by atoms with Crippen LogP contribution < -0.4 is 10.6 Å². The molecule has 2 aromatic rings. The van der Waals surface area contributed by atoms with E-state index in [1.165, 1.54) is 6.20 Å². The Kier molecular flexibility index (Phi) is 5.66. The van der Waals surface area contributed by atoms with Crippen LogP contribution in [0.1, 0.15) is 24.4 Å². The van der Waals surface area contributed by atoms with Gasteiger partial charge in [-0.05, 0) is 30.5 Å². The zero-order chi connectivity index (χ0) is 14.9. The highest BCUT2D eigenvalue weighted by atomic mass is 16.3. The van der Waals surface area contributed by atoms with Crippen LogP contribution in [0.3, 0.4) is 0 Å². The fourth-order valence-electron chi connectivity index (χ4n) is 1.98. The monoisotopic (exact) mass is 286 g/mol. The Morgan fingerprint density at radius 2 is 2.00 bits per heavy atom. The number of nitrogens with one attached hydrogen (secondary N) is 2. The molecule has 0 saturated carbocycles. The number of aromatic nitrogens is 2. The van der Waals surface area contributed by atoms with Gasteiger partial charge in [-0.25, -0.2) is 4.79 Å². The molecule has 0 radical (unpaired) electrons. The maximum Gasteiger partial charge on any atom is 0.320 e. The average molecular weight is 286 g/mol. The van der Waals surface area contributed by atoms with Gasteiger partial charge in [0.25, 0.3) is 0 Å². The molecule has 1 aromatic heterocycles. The van der Waals surface area contributed by atoms with Crippen molar-refractivity contribution in [3.05, 3.63) is 54.2 Å². The second kappa shape index (κ2) is 7.96. The van der Waals surface area contributed by atoms with Gasteiger partial charge in [-0.1, -0.05) is 30.3 Å². The van der Waals surface area contributed by atoms with Gasteiger partial charge in [-0.15, -0.1) is 5.10 Å². The number of amides is 2. The van der Waals surface area contributed by atoms with Crippen LogP contribution in [0.5, 0.6) is 0 Å². The van der Waals surface area contributed by atoms with Crippen molar-refractivity contribution in [2.75, 3.05) is 11.9 Å². The van der Waals surface area contributed by atoms with Crippen molar-refractivity contribution in [3.8, 4) is 0 Å². The maximum atomic E-state index is 12.0. The van der Waals surface area contributed by atoms with E-state index in [4.69, 9.17) is 5.11 Å². The molecule has 0 unspecified atom stereocenters. The van der Waals surface area contributed by atoms with Crippen molar-refractivity contribution in [1.82, 2.24) is 15.5 Å². The van der Waals surface area contributed by atoms with E-state index in [-0.39, 0.29) is 18.7 Å². The molecule has 0 aliphatic carbocycles. The average Bonchev–Trinajstić information content (AvgIpc) is 2.53. The van der Waals surface area contributed by atoms with Crippen molar-refractivity contribution in [1.29, 1.82) is 0 Å². The van der Waals surface area contributed by atoms with Gasteiger partial charge in [-0.2, -0.15) is 5.10 Å². The van der Waals surface area contributed by atoms with Crippen molar-refractivity contribution in [2.24, 2.45) is 0 Å². The molecule has 1 heterocycles. The van der Waals surface area contributed by atoms with Gasteiger partial charge in [0, 0.05) is 12.8 Å². The van der Waals surface area contributed by atoms with Gasteiger partial charge in [-0.3, -0.25) is 5.32 Å². The first-order valence-corrected chi connectivity index (χ1v) is 6.80. The van der Waals surface area contributed by atoms with Crippen LogP contribution in [0.25, 0.3) is 0 Å². The molecule has 3 N–H and O–H groups in total. The summed E-state index contributed by atoms with van der Waals surface area (Å²) in [7, 11) is 0. The molecule has 21 heavy (non-hydrogen) atoms. The molecule has 1 atom stereocenters. The van der Waals surface area contributed by atoms with Crippen molar-refractivity contribution in [2.45, 2.75) is 18.9 Å². The number of nitrogens with zero attached hydrogens (tertiary/aromatic N) is 2. The molecular weight excluding hydrogens is 268 g/mol. The summed E-state index contributed by atoms with van der Waals surface area (Å²) in [6.45, 7) is 0.0940. The largest absolute Gasteiger partial charge is 0.396 e. The van der Waals surface area contributed by atoms with E-state index in [1.807, 2.05) is 30.3 Å². The third-order valence-corrected chi connectivity index (χ3v) is 2.97. The van der Waals surface area contributed by atoms with E-state index in [1.54, 1.807) is 12.1 Å². The van der Waals surface area contributed by atoms with Gasteiger partial charge in [0.15, 0.2) is 5.82 Å². The number of aliphatic hydroxyl groups excluding tert-OH is 1. The Morgan fingerprint density at radius 1 is 1.19 bits per heavy atom. The van der Waals surface area contributed by atoms with Crippen molar-refractivity contribution in [3.63, 3.8) is 0 Å². The van der Waals surface area contributed by atoms with Crippen LogP contribution in [0, 0.1) is 0 Å². The molecular formula is C15H18N4O2. The smallest absolute Gasteiger partial charge is 0.320 e. The number of anilines is 1. The van der Waals surface area contributed by atoms with Gasteiger partial charge in [0.1, 0.15) is 0 Å². The quantitative estimate of drug-likeness (QED) is 0.759. The number of urea groups is 1. The summed E-state index contributed by atoms with van der Waals surface area (Å²) < 4.78 is 0. The summed E-state index contributed by atoms with van der Waals surface area (Å²) in [5.74, 6) is 0.393. The minimum absolute atomic E-state index is 0.0940. The summed E-state index contributed by atoms with van der Waals surface area (Å²) >= 11 is 0.